The summed E-state index contributed by atoms with van der Waals surface area (Å²) in [5, 5.41) is 2.93. The Balaban J connectivity index is 1.93. The Morgan fingerprint density at radius 2 is 1.96 bits per heavy atom. The Morgan fingerprint density at radius 3 is 2.52 bits per heavy atom. The van der Waals surface area contributed by atoms with Crippen molar-refractivity contribution in [2.75, 3.05) is 5.32 Å². The van der Waals surface area contributed by atoms with Crippen molar-refractivity contribution >= 4 is 22.9 Å². The first-order valence-corrected chi connectivity index (χ1v) is 9.25. The van der Waals surface area contributed by atoms with Crippen LogP contribution in [0.5, 0.6) is 5.75 Å². The average Bonchev–Trinajstić information content (AvgIpc) is 3.28. The van der Waals surface area contributed by atoms with Crippen molar-refractivity contribution in [2.45, 2.75) is 66.0 Å². The second-order valence-electron chi connectivity index (χ2n) is 8.96. The number of nitrogens with zero attached hydrogens (tertiary/aromatic N) is 2. The van der Waals surface area contributed by atoms with Gasteiger partial charge in [0.2, 0.25) is 11.9 Å². The number of alkyl halides is 2. The summed E-state index contributed by atoms with van der Waals surface area (Å²) in [6.45, 7) is 7.25. The van der Waals surface area contributed by atoms with Gasteiger partial charge in [0, 0.05) is 18.0 Å². The molecule has 0 unspecified atom stereocenters. The molecule has 148 valence electrons. The van der Waals surface area contributed by atoms with E-state index < -0.39 is 12.2 Å². The highest BCUT2D eigenvalue weighted by Gasteiger charge is 2.39. The Labute approximate surface area is 158 Å². The summed E-state index contributed by atoms with van der Waals surface area (Å²) in [7, 11) is 0. The molecular formula is C20H27F2N3O2. The number of benzene rings is 1. The lowest BCUT2D eigenvalue weighted by atomic mass is 9.83. The lowest BCUT2D eigenvalue weighted by Crippen LogP contribution is -2.28. The van der Waals surface area contributed by atoms with E-state index in [0.29, 0.717) is 29.3 Å². The fourth-order valence-corrected chi connectivity index (χ4v) is 3.59. The molecule has 1 aromatic heterocycles. The normalized spacial score (nSPS) is 15.4. The molecule has 1 aliphatic rings. The Morgan fingerprint density at radius 1 is 1.30 bits per heavy atom. The third-order valence-corrected chi connectivity index (χ3v) is 5.07. The number of rotatable bonds is 6. The standard InChI is InChI=1S/C20H27F2N3O2/c1-19(2,3)25-15-10-13(27-17(21)22)8-9-14(15)23-18(25)24-16(26)11-20(4,5)12-6-7-12/h8-10,12,17H,6-7,11H2,1-5H3,(H,23,24,26). The van der Waals surface area contributed by atoms with Gasteiger partial charge < -0.3 is 9.30 Å². The average molecular weight is 379 g/mol. The van der Waals surface area contributed by atoms with Crippen LogP contribution in [0.25, 0.3) is 11.0 Å². The molecule has 27 heavy (non-hydrogen) atoms. The lowest BCUT2D eigenvalue weighted by Gasteiger charge is -2.26. The number of carbonyl (C=O) groups excluding carboxylic acids is 1. The van der Waals surface area contributed by atoms with Crippen LogP contribution in [-0.4, -0.2) is 22.1 Å². The number of carbonyl (C=O) groups is 1. The topological polar surface area (TPSA) is 56.1 Å². The largest absolute Gasteiger partial charge is 0.435 e. The molecule has 1 aliphatic carbocycles. The number of fused-ring (bicyclic) bond motifs is 1. The highest BCUT2D eigenvalue weighted by Crippen LogP contribution is 2.47. The first kappa shape index (κ1) is 19.6. The van der Waals surface area contributed by atoms with Crippen molar-refractivity contribution in [3.8, 4) is 5.75 Å². The van der Waals surface area contributed by atoms with E-state index in [9.17, 15) is 13.6 Å². The van der Waals surface area contributed by atoms with Crippen LogP contribution < -0.4 is 10.1 Å². The first-order valence-electron chi connectivity index (χ1n) is 9.25. The highest BCUT2D eigenvalue weighted by molar-refractivity contribution is 5.92. The molecule has 0 saturated heterocycles. The van der Waals surface area contributed by atoms with Crippen molar-refractivity contribution in [3.63, 3.8) is 0 Å². The van der Waals surface area contributed by atoms with Crippen molar-refractivity contribution in [2.24, 2.45) is 11.3 Å². The Kier molecular flexibility index (Phi) is 4.91. The van der Waals surface area contributed by atoms with E-state index in [2.05, 4.69) is 28.9 Å². The van der Waals surface area contributed by atoms with Gasteiger partial charge in [0.25, 0.3) is 0 Å². The zero-order valence-electron chi connectivity index (χ0n) is 16.5. The second kappa shape index (κ2) is 6.77. The fourth-order valence-electron chi connectivity index (χ4n) is 3.59. The number of nitrogens with one attached hydrogen (secondary N) is 1. The van der Waals surface area contributed by atoms with Crippen LogP contribution in [0.3, 0.4) is 0 Å². The van der Waals surface area contributed by atoms with Crippen molar-refractivity contribution in [1.29, 1.82) is 0 Å². The summed E-state index contributed by atoms with van der Waals surface area (Å²) in [5.74, 6) is 0.995. The van der Waals surface area contributed by atoms with E-state index in [1.807, 2.05) is 25.3 Å². The molecule has 0 spiro atoms. The summed E-state index contributed by atoms with van der Waals surface area (Å²) < 4.78 is 31.5. The molecule has 0 bridgehead atoms. The lowest BCUT2D eigenvalue weighted by molar-refractivity contribution is -0.118. The van der Waals surface area contributed by atoms with Gasteiger partial charge in [-0.3, -0.25) is 10.1 Å². The van der Waals surface area contributed by atoms with Gasteiger partial charge in [-0.2, -0.15) is 8.78 Å². The molecule has 1 aromatic carbocycles. The zero-order chi connectivity index (χ0) is 20.0. The molecule has 0 atom stereocenters. The van der Waals surface area contributed by atoms with Gasteiger partial charge in [-0.25, -0.2) is 4.98 Å². The molecule has 0 aliphatic heterocycles. The van der Waals surface area contributed by atoms with E-state index in [0.717, 1.165) is 0 Å². The third kappa shape index (κ3) is 4.39. The molecular weight excluding hydrogens is 352 g/mol. The minimum Gasteiger partial charge on any atom is -0.435 e. The van der Waals surface area contributed by atoms with Crippen LogP contribution in [0.15, 0.2) is 18.2 Å². The van der Waals surface area contributed by atoms with E-state index in [1.165, 1.54) is 25.0 Å². The molecule has 1 saturated carbocycles. The molecule has 1 heterocycles. The van der Waals surface area contributed by atoms with Gasteiger partial charge in [-0.15, -0.1) is 0 Å². The number of ether oxygens (including phenoxy) is 1. The predicted molar refractivity (Wildman–Crippen MR) is 101 cm³/mol. The molecule has 0 radical (unpaired) electrons. The Hall–Kier alpha value is -2.18. The molecule has 1 fully saturated rings. The van der Waals surface area contributed by atoms with Gasteiger partial charge >= 0.3 is 6.61 Å². The minimum absolute atomic E-state index is 0.0407. The SMILES string of the molecule is CC(C)(CC(=O)Nc1nc2ccc(OC(F)F)cc2n1C(C)(C)C)C1CC1. The molecule has 1 N–H and O–H groups in total. The van der Waals surface area contributed by atoms with Crippen molar-refractivity contribution in [3.05, 3.63) is 18.2 Å². The Bertz CT molecular complexity index is 849. The number of halogens is 2. The van der Waals surface area contributed by atoms with E-state index in [1.54, 1.807) is 6.07 Å². The van der Waals surface area contributed by atoms with E-state index >= 15 is 0 Å². The smallest absolute Gasteiger partial charge is 0.387 e. The van der Waals surface area contributed by atoms with E-state index in [-0.39, 0.29) is 17.1 Å². The monoisotopic (exact) mass is 379 g/mol. The summed E-state index contributed by atoms with van der Waals surface area (Å²) in [6.07, 6.45) is 2.77. The predicted octanol–water partition coefficient (Wildman–Crippen LogP) is 5.16. The highest BCUT2D eigenvalue weighted by atomic mass is 19.3. The van der Waals surface area contributed by atoms with Crippen LogP contribution in [-0.2, 0) is 10.3 Å². The molecule has 5 nitrogen and oxygen atoms in total. The maximum atomic E-state index is 12.6. The van der Waals surface area contributed by atoms with Crippen LogP contribution in [0.2, 0.25) is 0 Å². The summed E-state index contributed by atoms with van der Waals surface area (Å²) in [4.78, 5) is 17.2. The molecule has 7 heteroatoms. The summed E-state index contributed by atoms with van der Waals surface area (Å²) >= 11 is 0. The first-order chi connectivity index (χ1) is 12.5. The van der Waals surface area contributed by atoms with Crippen molar-refractivity contribution in [1.82, 2.24) is 9.55 Å². The van der Waals surface area contributed by atoms with Crippen LogP contribution >= 0.6 is 0 Å². The van der Waals surface area contributed by atoms with Crippen molar-refractivity contribution < 1.29 is 18.3 Å². The van der Waals surface area contributed by atoms with Gasteiger partial charge in [-0.05, 0) is 57.1 Å². The number of imidazole rings is 1. The van der Waals surface area contributed by atoms with Gasteiger partial charge in [-0.1, -0.05) is 13.8 Å². The summed E-state index contributed by atoms with van der Waals surface area (Å²) in [6, 6.07) is 4.61. The maximum Gasteiger partial charge on any atom is 0.387 e. The van der Waals surface area contributed by atoms with Gasteiger partial charge in [0.15, 0.2) is 0 Å². The summed E-state index contributed by atoms with van der Waals surface area (Å²) in [5.41, 5.74) is 0.800. The van der Waals surface area contributed by atoms with Crippen LogP contribution in [0, 0.1) is 11.3 Å². The third-order valence-electron chi connectivity index (χ3n) is 5.07. The van der Waals surface area contributed by atoms with Crippen LogP contribution in [0.1, 0.15) is 53.9 Å². The zero-order valence-corrected chi connectivity index (χ0v) is 16.5. The van der Waals surface area contributed by atoms with Crippen LogP contribution in [0.4, 0.5) is 14.7 Å². The number of anilines is 1. The molecule has 3 rings (SSSR count). The van der Waals surface area contributed by atoms with Gasteiger partial charge in [0.05, 0.1) is 11.0 Å². The van der Waals surface area contributed by atoms with E-state index in [4.69, 9.17) is 0 Å². The number of aromatic nitrogens is 2. The minimum atomic E-state index is -2.89. The fraction of sp³-hybridized carbons (Fsp3) is 0.600. The number of amides is 1. The number of hydrogen-bond acceptors (Lipinski definition) is 3. The molecule has 1 amide bonds. The molecule has 2 aromatic rings. The second-order valence-corrected chi connectivity index (χ2v) is 8.96. The number of hydrogen-bond donors (Lipinski definition) is 1. The van der Waals surface area contributed by atoms with Gasteiger partial charge in [0.1, 0.15) is 5.75 Å². The maximum absolute atomic E-state index is 12.6. The quantitative estimate of drug-likeness (QED) is 0.754.